The van der Waals surface area contributed by atoms with Crippen LogP contribution in [0.4, 0.5) is 79.0 Å². The summed E-state index contributed by atoms with van der Waals surface area (Å²) in [6.07, 6.45) is -14.4. The molecule has 0 bridgehead atoms. The van der Waals surface area contributed by atoms with Gasteiger partial charge in [0.25, 0.3) is 0 Å². The maximum absolute atomic E-state index is 13.8. The molecule has 0 aliphatic heterocycles. The summed E-state index contributed by atoms with van der Waals surface area (Å²) in [6.45, 7) is -6.05. The third kappa shape index (κ3) is 7.05. The average Bonchev–Trinajstić information content (AvgIpc) is 2.85. The van der Waals surface area contributed by atoms with Gasteiger partial charge in [0.1, 0.15) is 0 Å². The fourth-order valence-electron chi connectivity index (χ4n) is 2.50. The van der Waals surface area contributed by atoms with Gasteiger partial charge in [-0.15, -0.1) is 0 Å². The van der Waals surface area contributed by atoms with E-state index in [-0.39, 0.29) is 11.0 Å². The van der Waals surface area contributed by atoms with Crippen molar-refractivity contribution in [1.29, 1.82) is 0 Å². The lowest BCUT2D eigenvalue weighted by molar-refractivity contribution is -0.398. The van der Waals surface area contributed by atoms with Crippen molar-refractivity contribution in [2.75, 3.05) is 13.2 Å². The quantitative estimate of drug-likeness (QED) is 0.166. The predicted octanol–water partition coefficient (Wildman–Crippen LogP) is 8.32. The summed E-state index contributed by atoms with van der Waals surface area (Å²) in [5, 5.41) is -0.898. The minimum absolute atomic E-state index is 0.0916. The maximum Gasteiger partial charge on any atom is 0.460 e. The molecule has 0 aliphatic rings. The number of ether oxygens (including phenoxy) is 2. The number of hydrogen-bond acceptors (Lipinski definition) is 5. The largest absolute Gasteiger partial charge is 0.471 e. The normalized spacial score (nSPS) is 14.6. The van der Waals surface area contributed by atoms with Gasteiger partial charge in [-0.25, -0.2) is 0 Å². The number of halogens is 18. The van der Waals surface area contributed by atoms with Crippen LogP contribution in [0.1, 0.15) is 0 Å². The van der Waals surface area contributed by atoms with E-state index >= 15 is 0 Å². The van der Waals surface area contributed by atoms with Gasteiger partial charge in [-0.2, -0.15) is 89.0 Å². The number of hydrogen-bond donors (Lipinski definition) is 0. The van der Waals surface area contributed by atoms with E-state index in [0.717, 1.165) is 0 Å². The van der Waals surface area contributed by atoms with Gasteiger partial charge < -0.3 is 9.47 Å². The molecule has 1 aromatic heterocycles. The molecule has 0 amide bonds. The smallest absolute Gasteiger partial charge is 0.460 e. The van der Waals surface area contributed by atoms with E-state index in [2.05, 4.69) is 19.4 Å². The monoisotopic (exact) mass is 684 g/mol. The first-order chi connectivity index (χ1) is 19.1. The van der Waals surface area contributed by atoms with Crippen LogP contribution in [0.2, 0.25) is 0 Å². The molecule has 1 heterocycles. The van der Waals surface area contributed by atoms with Gasteiger partial charge >= 0.3 is 47.9 Å². The topological polar surface area (TPSA) is 44.2 Å². The summed E-state index contributed by atoms with van der Waals surface area (Å²) in [7, 11) is 0. The molecule has 2 aromatic rings. The Morgan fingerprint density at radius 2 is 0.860 bits per heavy atom. The molecule has 0 unspecified atom stereocenters. The molecule has 0 fully saturated rings. The highest BCUT2D eigenvalue weighted by Crippen LogP contribution is 2.54. The molecular weight excluding hydrogens is 674 g/mol. The molecule has 244 valence electrons. The van der Waals surface area contributed by atoms with Crippen molar-refractivity contribution in [2.24, 2.45) is 0 Å². The van der Waals surface area contributed by atoms with Crippen LogP contribution in [0, 0.1) is 0 Å². The second kappa shape index (κ2) is 11.5. The molecule has 0 radical (unpaired) electrons. The zero-order valence-electron chi connectivity index (χ0n) is 19.8. The van der Waals surface area contributed by atoms with Gasteiger partial charge in [-0.05, 0) is 23.9 Å². The van der Waals surface area contributed by atoms with Crippen molar-refractivity contribution < 1.29 is 88.5 Å². The van der Waals surface area contributed by atoms with Crippen LogP contribution in [0.15, 0.2) is 46.5 Å². The highest BCUT2D eigenvalue weighted by Gasteiger charge is 2.83. The summed E-state index contributed by atoms with van der Waals surface area (Å²) < 4.78 is 243. The van der Waals surface area contributed by atoms with Gasteiger partial charge in [0.15, 0.2) is 18.4 Å². The Labute approximate surface area is 230 Å². The Hall–Kier alpha value is -3.01. The lowest BCUT2D eigenvalue weighted by Gasteiger charge is -2.33. The molecular formula is C20H10F18N2O2S. The van der Waals surface area contributed by atoms with Crippen molar-refractivity contribution in [3.63, 3.8) is 0 Å². The Kier molecular flexibility index (Phi) is 9.67. The van der Waals surface area contributed by atoms with Crippen molar-refractivity contribution >= 4 is 11.8 Å². The molecule has 2 rings (SSSR count). The van der Waals surface area contributed by atoms with Crippen LogP contribution in [-0.2, 0) is 0 Å². The zero-order chi connectivity index (χ0) is 33.5. The van der Waals surface area contributed by atoms with Crippen LogP contribution in [0.5, 0.6) is 11.8 Å². The minimum atomic E-state index is -7.32. The molecule has 0 N–H and O–H groups in total. The summed E-state index contributed by atoms with van der Waals surface area (Å²) in [5.41, 5.74) is 0. The summed E-state index contributed by atoms with van der Waals surface area (Å²) in [4.78, 5) is 6.59. The molecule has 4 nitrogen and oxygen atoms in total. The summed E-state index contributed by atoms with van der Waals surface area (Å²) in [6, 6.07) is 6.51. The van der Waals surface area contributed by atoms with Gasteiger partial charge in [-0.3, -0.25) is 0 Å². The molecule has 43 heavy (non-hydrogen) atoms. The Bertz CT molecular complexity index is 1180. The SMILES string of the molecule is FC(F)(F)C(F)(F)C(F)(F)C(F)(F)COc1cc(OCC(F)(F)C(F)(F)C(F)(F)C(F)(F)F)nc(Sc2ccccc2)n1. The van der Waals surface area contributed by atoms with Crippen molar-refractivity contribution in [3.8, 4) is 11.8 Å². The van der Waals surface area contributed by atoms with Crippen molar-refractivity contribution in [3.05, 3.63) is 36.4 Å². The van der Waals surface area contributed by atoms with Gasteiger partial charge in [0.05, 0.1) is 6.07 Å². The third-order valence-corrected chi connectivity index (χ3v) is 5.71. The van der Waals surface area contributed by atoms with Crippen molar-refractivity contribution in [2.45, 2.75) is 57.9 Å². The fourth-order valence-corrected chi connectivity index (χ4v) is 3.27. The van der Waals surface area contributed by atoms with E-state index in [1.807, 2.05) is 0 Å². The van der Waals surface area contributed by atoms with E-state index in [0.29, 0.717) is 11.8 Å². The minimum Gasteiger partial charge on any atom is -0.471 e. The number of alkyl halides is 18. The molecule has 0 aliphatic carbocycles. The maximum atomic E-state index is 13.8. The summed E-state index contributed by atoms with van der Waals surface area (Å²) in [5.74, 6) is -44.8. The predicted molar refractivity (Wildman–Crippen MR) is 105 cm³/mol. The third-order valence-electron chi connectivity index (χ3n) is 4.83. The molecule has 23 heteroatoms. The van der Waals surface area contributed by atoms with Crippen LogP contribution in [-0.4, -0.2) is 71.1 Å². The Balaban J connectivity index is 2.42. The second-order valence-corrected chi connectivity index (χ2v) is 9.06. The first-order valence-electron chi connectivity index (χ1n) is 10.4. The first kappa shape index (κ1) is 36.2. The van der Waals surface area contributed by atoms with E-state index in [4.69, 9.17) is 0 Å². The first-order valence-corrected chi connectivity index (χ1v) is 11.2. The van der Waals surface area contributed by atoms with E-state index < -0.39 is 78.0 Å². The number of rotatable bonds is 12. The molecule has 0 saturated carbocycles. The van der Waals surface area contributed by atoms with E-state index in [1.165, 1.54) is 30.3 Å². The van der Waals surface area contributed by atoms with Crippen LogP contribution < -0.4 is 9.47 Å². The second-order valence-electron chi connectivity index (χ2n) is 8.02. The lowest BCUT2D eigenvalue weighted by Crippen LogP contribution is -2.62. The average molecular weight is 684 g/mol. The highest BCUT2D eigenvalue weighted by atomic mass is 32.2. The molecule has 0 saturated heterocycles. The highest BCUT2D eigenvalue weighted by molar-refractivity contribution is 7.99. The number of nitrogens with zero attached hydrogens (tertiary/aromatic N) is 2. The van der Waals surface area contributed by atoms with Crippen LogP contribution in [0.25, 0.3) is 0 Å². The zero-order valence-corrected chi connectivity index (χ0v) is 20.6. The summed E-state index contributed by atoms with van der Waals surface area (Å²) >= 11 is 0.318. The van der Waals surface area contributed by atoms with Gasteiger partial charge in [-0.1, -0.05) is 18.2 Å². The van der Waals surface area contributed by atoms with Crippen molar-refractivity contribution in [1.82, 2.24) is 9.97 Å². The van der Waals surface area contributed by atoms with Crippen LogP contribution in [0.3, 0.4) is 0 Å². The molecule has 0 atom stereocenters. The standard InChI is InChI=1S/C20H10F18N2O2S/c21-13(22,15(25,26)17(29,30)19(33,34)35)7-41-10-6-11(40-12(39-10)43-9-4-2-1-3-5-9)42-8-14(23,24)16(27,28)18(31,32)20(36,37)38/h1-6H,7-8H2. The Morgan fingerprint density at radius 1 is 0.512 bits per heavy atom. The molecule has 1 aromatic carbocycles. The Morgan fingerprint density at radius 3 is 1.19 bits per heavy atom. The van der Waals surface area contributed by atoms with Gasteiger partial charge in [0.2, 0.25) is 11.8 Å². The van der Waals surface area contributed by atoms with Gasteiger partial charge in [0, 0.05) is 4.90 Å². The van der Waals surface area contributed by atoms with Crippen LogP contribution >= 0.6 is 11.8 Å². The lowest BCUT2D eigenvalue weighted by atomic mass is 10.0. The van der Waals surface area contributed by atoms with E-state index in [1.54, 1.807) is 0 Å². The molecule has 0 spiro atoms. The number of benzene rings is 1. The number of aromatic nitrogens is 2. The van der Waals surface area contributed by atoms with E-state index in [9.17, 15) is 79.0 Å². The fraction of sp³-hybridized carbons (Fsp3) is 0.500.